The third kappa shape index (κ3) is 4.55. The van der Waals surface area contributed by atoms with Gasteiger partial charge in [-0.3, -0.25) is 14.1 Å². The summed E-state index contributed by atoms with van der Waals surface area (Å²) in [6, 6.07) is 15.7. The molecule has 8 heteroatoms. The van der Waals surface area contributed by atoms with Crippen LogP contribution in [0.4, 0.5) is 11.4 Å². The molecule has 1 aromatic heterocycles. The molecule has 1 N–H and O–H groups in total. The summed E-state index contributed by atoms with van der Waals surface area (Å²) >= 11 is 0. The van der Waals surface area contributed by atoms with E-state index in [1.807, 2.05) is 6.07 Å². The van der Waals surface area contributed by atoms with Gasteiger partial charge in [-0.1, -0.05) is 24.3 Å². The van der Waals surface area contributed by atoms with Gasteiger partial charge in [0.15, 0.2) is 0 Å². The number of ether oxygens (including phenoxy) is 1. The molecule has 0 bridgehead atoms. The second-order valence-corrected chi connectivity index (χ2v) is 8.37. The Labute approximate surface area is 170 Å². The molecule has 0 saturated carbocycles. The molecular formula is C21H21N3O4S. The lowest BCUT2D eigenvalue weighted by Gasteiger charge is -2.21. The number of sulfonamides is 1. The van der Waals surface area contributed by atoms with Crippen LogP contribution in [0, 0.1) is 0 Å². The molecule has 0 fully saturated rings. The van der Waals surface area contributed by atoms with Crippen LogP contribution in [-0.4, -0.2) is 39.7 Å². The number of hydrogen-bond donors (Lipinski definition) is 1. The van der Waals surface area contributed by atoms with Gasteiger partial charge in [-0.05, 0) is 35.9 Å². The van der Waals surface area contributed by atoms with Crippen molar-refractivity contribution in [2.24, 2.45) is 0 Å². The van der Waals surface area contributed by atoms with E-state index in [1.54, 1.807) is 60.9 Å². The van der Waals surface area contributed by atoms with Crippen LogP contribution in [0.25, 0.3) is 11.1 Å². The van der Waals surface area contributed by atoms with E-state index >= 15 is 0 Å². The first kappa shape index (κ1) is 20.3. The van der Waals surface area contributed by atoms with Crippen LogP contribution in [0.5, 0.6) is 5.75 Å². The predicted octanol–water partition coefficient (Wildman–Crippen LogP) is 3.41. The van der Waals surface area contributed by atoms with Crippen molar-refractivity contribution in [2.75, 3.05) is 30.0 Å². The fraction of sp³-hybridized carbons (Fsp3) is 0.143. The molecule has 2 aromatic carbocycles. The lowest BCUT2D eigenvalue weighted by atomic mass is 10.1. The number of para-hydroxylation sites is 1. The van der Waals surface area contributed by atoms with Crippen LogP contribution in [0.1, 0.15) is 10.4 Å². The summed E-state index contributed by atoms with van der Waals surface area (Å²) in [7, 11) is -0.602. The van der Waals surface area contributed by atoms with Gasteiger partial charge in [-0.2, -0.15) is 0 Å². The van der Waals surface area contributed by atoms with Gasteiger partial charge in [0.2, 0.25) is 10.0 Å². The highest BCUT2D eigenvalue weighted by Crippen LogP contribution is 2.33. The highest BCUT2D eigenvalue weighted by atomic mass is 32.2. The molecule has 7 nitrogen and oxygen atoms in total. The average Bonchev–Trinajstić information content (AvgIpc) is 2.73. The monoisotopic (exact) mass is 411 g/mol. The van der Waals surface area contributed by atoms with Crippen molar-refractivity contribution in [2.45, 2.75) is 0 Å². The van der Waals surface area contributed by atoms with Gasteiger partial charge in [-0.15, -0.1) is 0 Å². The molecule has 1 heterocycles. The van der Waals surface area contributed by atoms with Crippen molar-refractivity contribution in [3.8, 4) is 16.9 Å². The summed E-state index contributed by atoms with van der Waals surface area (Å²) < 4.78 is 30.5. The highest BCUT2D eigenvalue weighted by Gasteiger charge is 2.20. The molecule has 150 valence electrons. The Balaban J connectivity index is 2.07. The smallest absolute Gasteiger partial charge is 0.259 e. The molecule has 0 aliphatic heterocycles. The number of rotatable bonds is 6. The number of carbonyl (C=O) groups excluding carboxylic acids is 1. The number of benzene rings is 2. The Bertz CT molecular complexity index is 1130. The van der Waals surface area contributed by atoms with Gasteiger partial charge in [0.1, 0.15) is 5.75 Å². The minimum absolute atomic E-state index is 0.342. The van der Waals surface area contributed by atoms with Crippen LogP contribution in [-0.2, 0) is 10.0 Å². The van der Waals surface area contributed by atoms with Crippen LogP contribution >= 0.6 is 0 Å². The molecule has 29 heavy (non-hydrogen) atoms. The average molecular weight is 411 g/mol. The SMILES string of the molecule is COc1ccccc1C(=O)Nc1cc(-c2cccnc2)ccc1N(C)S(C)(=O)=O. The van der Waals surface area contributed by atoms with Gasteiger partial charge >= 0.3 is 0 Å². The van der Waals surface area contributed by atoms with Crippen LogP contribution in [0.15, 0.2) is 67.0 Å². The standard InChI is InChI=1S/C21H21N3O4S/c1-24(29(3,26)27)19-11-10-15(16-7-6-12-22-14-16)13-18(19)23-21(25)17-8-4-5-9-20(17)28-2/h4-14H,1-3H3,(H,23,25). The van der Waals surface area contributed by atoms with E-state index in [2.05, 4.69) is 10.3 Å². The van der Waals surface area contributed by atoms with E-state index in [0.29, 0.717) is 22.7 Å². The third-order valence-corrected chi connectivity index (χ3v) is 5.62. The van der Waals surface area contributed by atoms with Gasteiger partial charge in [0, 0.05) is 25.0 Å². The maximum absolute atomic E-state index is 12.9. The van der Waals surface area contributed by atoms with E-state index in [1.165, 1.54) is 14.2 Å². The highest BCUT2D eigenvalue weighted by molar-refractivity contribution is 7.92. The van der Waals surface area contributed by atoms with Crippen LogP contribution in [0.3, 0.4) is 0 Å². The molecule has 0 aliphatic carbocycles. The Kier molecular flexibility index (Phi) is 5.84. The van der Waals surface area contributed by atoms with Gasteiger partial charge < -0.3 is 10.1 Å². The zero-order valence-electron chi connectivity index (χ0n) is 16.3. The number of pyridine rings is 1. The number of nitrogens with zero attached hydrogens (tertiary/aromatic N) is 2. The number of methoxy groups -OCH3 is 1. The van der Waals surface area contributed by atoms with Gasteiger partial charge in [0.05, 0.1) is 30.3 Å². The van der Waals surface area contributed by atoms with Crippen LogP contribution < -0.4 is 14.4 Å². The summed E-state index contributed by atoms with van der Waals surface area (Å²) in [4.78, 5) is 17.0. The van der Waals surface area contributed by atoms with Crippen molar-refractivity contribution in [1.82, 2.24) is 4.98 Å². The Morgan fingerprint density at radius 1 is 1.07 bits per heavy atom. The number of hydrogen-bond acceptors (Lipinski definition) is 5. The molecule has 0 atom stereocenters. The topological polar surface area (TPSA) is 88.6 Å². The first-order chi connectivity index (χ1) is 13.8. The molecule has 0 spiro atoms. The van der Waals surface area contributed by atoms with Crippen LogP contribution in [0.2, 0.25) is 0 Å². The van der Waals surface area contributed by atoms with Gasteiger partial charge in [0.25, 0.3) is 5.91 Å². The summed E-state index contributed by atoms with van der Waals surface area (Å²) in [6.45, 7) is 0. The Hall–Kier alpha value is -3.39. The molecule has 3 rings (SSSR count). The van der Waals surface area contributed by atoms with E-state index in [4.69, 9.17) is 4.74 Å². The van der Waals surface area contributed by atoms with Crippen molar-refractivity contribution < 1.29 is 17.9 Å². The van der Waals surface area contributed by atoms with E-state index < -0.39 is 15.9 Å². The quantitative estimate of drug-likeness (QED) is 0.672. The fourth-order valence-electron chi connectivity index (χ4n) is 2.82. The number of carbonyl (C=O) groups is 1. The molecule has 0 unspecified atom stereocenters. The molecule has 3 aromatic rings. The molecular weight excluding hydrogens is 390 g/mol. The number of amides is 1. The first-order valence-electron chi connectivity index (χ1n) is 8.74. The Morgan fingerprint density at radius 2 is 1.83 bits per heavy atom. The largest absolute Gasteiger partial charge is 0.496 e. The van der Waals surface area contributed by atoms with Crippen molar-refractivity contribution in [3.63, 3.8) is 0 Å². The third-order valence-electron chi connectivity index (χ3n) is 4.43. The van der Waals surface area contributed by atoms with E-state index in [0.717, 1.165) is 21.7 Å². The minimum Gasteiger partial charge on any atom is -0.496 e. The number of nitrogens with one attached hydrogen (secondary N) is 1. The maximum Gasteiger partial charge on any atom is 0.259 e. The van der Waals surface area contributed by atoms with Gasteiger partial charge in [-0.25, -0.2) is 8.42 Å². The number of aromatic nitrogens is 1. The van der Waals surface area contributed by atoms with Crippen molar-refractivity contribution in [3.05, 3.63) is 72.6 Å². The lowest BCUT2D eigenvalue weighted by molar-refractivity contribution is 0.102. The Morgan fingerprint density at radius 3 is 2.48 bits per heavy atom. The molecule has 0 saturated heterocycles. The zero-order valence-corrected chi connectivity index (χ0v) is 17.1. The normalized spacial score (nSPS) is 11.0. The number of anilines is 2. The maximum atomic E-state index is 12.9. The van der Waals surface area contributed by atoms with E-state index in [9.17, 15) is 13.2 Å². The molecule has 1 amide bonds. The molecule has 0 radical (unpaired) electrons. The zero-order chi connectivity index (χ0) is 21.0. The molecule has 0 aliphatic rings. The van der Waals surface area contributed by atoms with Crippen molar-refractivity contribution in [1.29, 1.82) is 0 Å². The first-order valence-corrected chi connectivity index (χ1v) is 10.6. The lowest BCUT2D eigenvalue weighted by Crippen LogP contribution is -2.26. The second-order valence-electron chi connectivity index (χ2n) is 6.36. The predicted molar refractivity (Wildman–Crippen MR) is 114 cm³/mol. The van der Waals surface area contributed by atoms with Crippen molar-refractivity contribution >= 4 is 27.3 Å². The second kappa shape index (κ2) is 8.32. The minimum atomic E-state index is -3.52. The summed E-state index contributed by atoms with van der Waals surface area (Å²) in [5.74, 6) is 0.0142. The summed E-state index contributed by atoms with van der Waals surface area (Å²) in [5.41, 5.74) is 2.68. The fourth-order valence-corrected chi connectivity index (χ4v) is 3.34. The van der Waals surface area contributed by atoms with E-state index in [-0.39, 0.29) is 0 Å². The summed E-state index contributed by atoms with van der Waals surface area (Å²) in [6.07, 6.45) is 4.47. The summed E-state index contributed by atoms with van der Waals surface area (Å²) in [5, 5.41) is 2.82.